The molecule has 0 unspecified atom stereocenters. The Kier molecular flexibility index (Phi) is 7.10. The summed E-state index contributed by atoms with van der Waals surface area (Å²) in [7, 11) is 2.09. The molecule has 0 saturated carbocycles. The number of anilines is 1. The molecule has 4 nitrogen and oxygen atoms in total. The Morgan fingerprint density at radius 2 is 2.00 bits per heavy atom. The summed E-state index contributed by atoms with van der Waals surface area (Å²) in [6.07, 6.45) is 0. The van der Waals surface area contributed by atoms with Gasteiger partial charge in [0.05, 0.1) is 12.3 Å². The number of hydrogen-bond acceptors (Lipinski definition) is 5. The fraction of sp³-hybridized carbons (Fsp3) is 0.812. The second-order valence-corrected chi connectivity index (χ2v) is 7.74. The monoisotopic (exact) mass is 313 g/mol. The third-order valence-corrected chi connectivity index (χ3v) is 4.33. The van der Waals surface area contributed by atoms with Crippen LogP contribution in [0.15, 0.2) is 0 Å². The number of likely N-dealkylation sites (N-methyl/N-ethyl adjacent to an activating group) is 1. The summed E-state index contributed by atoms with van der Waals surface area (Å²) in [4.78, 5) is 8.37. The maximum absolute atomic E-state index is 5.43. The first kappa shape index (κ1) is 18.4. The molecule has 1 N–H and O–H groups in total. The molecule has 0 aliphatic heterocycles. The van der Waals surface area contributed by atoms with Crippen LogP contribution in [0, 0.1) is 0 Å². The Hall–Kier alpha value is -0.650. The minimum absolute atomic E-state index is 0.124. The number of nitrogens with one attached hydrogen (secondary N) is 1. The van der Waals surface area contributed by atoms with E-state index in [0.29, 0.717) is 5.92 Å². The zero-order valence-electron chi connectivity index (χ0n) is 14.6. The van der Waals surface area contributed by atoms with Gasteiger partial charge >= 0.3 is 0 Å². The Balaban J connectivity index is 2.78. The van der Waals surface area contributed by atoms with Crippen LogP contribution < -0.4 is 10.2 Å². The third kappa shape index (κ3) is 6.32. The summed E-state index contributed by atoms with van der Waals surface area (Å²) in [5, 5.41) is 4.65. The first-order valence-corrected chi connectivity index (χ1v) is 8.59. The predicted molar refractivity (Wildman–Crippen MR) is 92.6 cm³/mol. The maximum atomic E-state index is 5.43. The van der Waals surface area contributed by atoms with E-state index in [2.05, 4.69) is 51.9 Å². The lowest BCUT2D eigenvalue weighted by Crippen LogP contribution is -2.35. The molecule has 0 amide bonds. The number of thiazole rings is 1. The Labute approximate surface area is 133 Å². The van der Waals surface area contributed by atoms with Crippen molar-refractivity contribution in [3.05, 3.63) is 10.6 Å². The molecule has 0 bridgehead atoms. The van der Waals surface area contributed by atoms with Crippen LogP contribution in [0.3, 0.4) is 0 Å². The van der Waals surface area contributed by atoms with Crippen molar-refractivity contribution in [2.24, 2.45) is 0 Å². The van der Waals surface area contributed by atoms with Gasteiger partial charge in [0.2, 0.25) is 0 Å². The SMILES string of the molecule is CCOCCN(C)c1nc(C(C)C)c(CNC(C)(C)C)s1. The zero-order chi connectivity index (χ0) is 16.0. The predicted octanol–water partition coefficient (Wildman–Crippen LogP) is 3.63. The van der Waals surface area contributed by atoms with Crippen molar-refractivity contribution in [3.8, 4) is 0 Å². The molecular weight excluding hydrogens is 282 g/mol. The smallest absolute Gasteiger partial charge is 0.185 e. The molecule has 0 aliphatic carbocycles. The number of aromatic nitrogens is 1. The lowest BCUT2D eigenvalue weighted by molar-refractivity contribution is 0.154. The van der Waals surface area contributed by atoms with Crippen LogP contribution in [0.25, 0.3) is 0 Å². The highest BCUT2D eigenvalue weighted by Crippen LogP contribution is 2.30. The molecule has 21 heavy (non-hydrogen) atoms. The summed E-state index contributed by atoms with van der Waals surface area (Å²) in [6, 6.07) is 0. The fourth-order valence-corrected chi connectivity index (χ4v) is 3.02. The van der Waals surface area contributed by atoms with E-state index >= 15 is 0 Å². The topological polar surface area (TPSA) is 37.4 Å². The molecule has 1 rings (SSSR count). The van der Waals surface area contributed by atoms with Gasteiger partial charge in [-0.3, -0.25) is 0 Å². The van der Waals surface area contributed by atoms with Crippen LogP contribution >= 0.6 is 11.3 Å². The van der Waals surface area contributed by atoms with E-state index in [-0.39, 0.29) is 5.54 Å². The van der Waals surface area contributed by atoms with Gasteiger partial charge < -0.3 is 15.0 Å². The van der Waals surface area contributed by atoms with E-state index < -0.39 is 0 Å². The van der Waals surface area contributed by atoms with Crippen molar-refractivity contribution in [3.63, 3.8) is 0 Å². The van der Waals surface area contributed by atoms with E-state index in [0.717, 1.165) is 31.4 Å². The van der Waals surface area contributed by atoms with Gasteiger partial charge in [0.1, 0.15) is 0 Å². The highest BCUT2D eigenvalue weighted by Gasteiger charge is 2.18. The Bertz CT molecular complexity index is 424. The summed E-state index contributed by atoms with van der Waals surface area (Å²) in [5.41, 5.74) is 1.34. The first-order chi connectivity index (χ1) is 9.74. The van der Waals surface area contributed by atoms with E-state index in [1.165, 1.54) is 10.6 Å². The minimum atomic E-state index is 0.124. The van der Waals surface area contributed by atoms with Gasteiger partial charge in [0, 0.05) is 37.2 Å². The molecule has 0 aliphatic rings. The highest BCUT2D eigenvalue weighted by atomic mass is 32.1. The lowest BCUT2D eigenvalue weighted by atomic mass is 10.1. The van der Waals surface area contributed by atoms with Gasteiger partial charge in [0.15, 0.2) is 5.13 Å². The second-order valence-electron chi connectivity index (χ2n) is 6.68. The quantitative estimate of drug-likeness (QED) is 0.744. The minimum Gasteiger partial charge on any atom is -0.380 e. The number of hydrogen-bond donors (Lipinski definition) is 1. The van der Waals surface area contributed by atoms with Crippen LogP contribution in [0.1, 0.15) is 58.0 Å². The molecule has 0 radical (unpaired) electrons. The first-order valence-electron chi connectivity index (χ1n) is 7.78. The molecule has 0 spiro atoms. The van der Waals surface area contributed by atoms with E-state index in [1.54, 1.807) is 11.3 Å². The lowest BCUT2D eigenvalue weighted by Gasteiger charge is -2.20. The number of nitrogens with zero attached hydrogens (tertiary/aromatic N) is 2. The van der Waals surface area contributed by atoms with Crippen LogP contribution in [0.4, 0.5) is 5.13 Å². The fourth-order valence-electron chi connectivity index (χ4n) is 1.88. The van der Waals surface area contributed by atoms with Crippen LogP contribution in [0.5, 0.6) is 0 Å². The van der Waals surface area contributed by atoms with Crippen molar-refractivity contribution in [1.82, 2.24) is 10.3 Å². The molecule has 1 aromatic heterocycles. The number of ether oxygens (including phenoxy) is 1. The summed E-state index contributed by atoms with van der Waals surface area (Å²) in [5.74, 6) is 0.451. The maximum Gasteiger partial charge on any atom is 0.185 e. The van der Waals surface area contributed by atoms with E-state index in [9.17, 15) is 0 Å². The molecule has 0 atom stereocenters. The second kappa shape index (κ2) is 8.11. The average Bonchev–Trinajstić information content (AvgIpc) is 2.80. The summed E-state index contributed by atoms with van der Waals surface area (Å²) in [6.45, 7) is 16.3. The summed E-state index contributed by atoms with van der Waals surface area (Å²) >= 11 is 1.79. The van der Waals surface area contributed by atoms with Gasteiger partial charge in [-0.05, 0) is 33.6 Å². The van der Waals surface area contributed by atoms with Crippen molar-refractivity contribution < 1.29 is 4.74 Å². The van der Waals surface area contributed by atoms with Gasteiger partial charge in [-0.25, -0.2) is 4.98 Å². The third-order valence-electron chi connectivity index (χ3n) is 3.14. The molecule has 1 heterocycles. The van der Waals surface area contributed by atoms with Crippen molar-refractivity contribution in [2.45, 2.75) is 59.5 Å². The molecule has 122 valence electrons. The molecule has 0 fully saturated rings. The van der Waals surface area contributed by atoms with E-state index in [1.807, 2.05) is 6.92 Å². The number of rotatable bonds is 8. The molecular formula is C16H31N3OS. The van der Waals surface area contributed by atoms with Gasteiger partial charge in [-0.1, -0.05) is 13.8 Å². The molecule has 0 aromatic carbocycles. The highest BCUT2D eigenvalue weighted by molar-refractivity contribution is 7.15. The van der Waals surface area contributed by atoms with E-state index in [4.69, 9.17) is 9.72 Å². The van der Waals surface area contributed by atoms with Crippen LogP contribution in [-0.2, 0) is 11.3 Å². The van der Waals surface area contributed by atoms with Gasteiger partial charge in [-0.2, -0.15) is 0 Å². The standard InChI is InChI=1S/C16H31N3OS/c1-8-20-10-9-19(7)15-18-14(12(2)3)13(21-15)11-17-16(4,5)6/h12,17H,8-11H2,1-7H3. The molecule has 0 saturated heterocycles. The Morgan fingerprint density at radius 1 is 1.33 bits per heavy atom. The Morgan fingerprint density at radius 3 is 2.52 bits per heavy atom. The van der Waals surface area contributed by atoms with Crippen LogP contribution in [-0.4, -0.2) is 37.3 Å². The largest absolute Gasteiger partial charge is 0.380 e. The normalized spacial score (nSPS) is 12.2. The van der Waals surface area contributed by atoms with Gasteiger partial charge in [-0.15, -0.1) is 11.3 Å². The molecule has 5 heteroatoms. The van der Waals surface area contributed by atoms with Gasteiger partial charge in [0.25, 0.3) is 0 Å². The molecule has 1 aromatic rings. The van der Waals surface area contributed by atoms with Crippen LogP contribution in [0.2, 0.25) is 0 Å². The van der Waals surface area contributed by atoms with Crippen molar-refractivity contribution >= 4 is 16.5 Å². The average molecular weight is 314 g/mol. The van der Waals surface area contributed by atoms with Crippen molar-refractivity contribution in [1.29, 1.82) is 0 Å². The van der Waals surface area contributed by atoms with Crippen molar-refractivity contribution in [2.75, 3.05) is 31.7 Å². The zero-order valence-corrected chi connectivity index (χ0v) is 15.4. The summed E-state index contributed by atoms with van der Waals surface area (Å²) < 4.78 is 5.43.